The van der Waals surface area contributed by atoms with Gasteiger partial charge in [-0.25, -0.2) is 0 Å². The van der Waals surface area contributed by atoms with E-state index in [0.29, 0.717) is 18.1 Å². The minimum absolute atomic E-state index is 0. The molecular formula is C16H24Cl2N2O2. The van der Waals surface area contributed by atoms with Crippen LogP contribution in [-0.2, 0) is 16.1 Å². The Kier molecular flexibility index (Phi) is 7.63. The Hall–Kier alpha value is -0.810. The number of rotatable bonds is 5. The third kappa shape index (κ3) is 4.85. The van der Waals surface area contributed by atoms with Crippen molar-refractivity contribution >= 4 is 29.9 Å². The zero-order chi connectivity index (χ0) is 15.4. The maximum Gasteiger partial charge on any atom is 0.252 e. The van der Waals surface area contributed by atoms with Crippen LogP contribution >= 0.6 is 24.0 Å². The lowest BCUT2D eigenvalue weighted by Gasteiger charge is -2.29. The van der Waals surface area contributed by atoms with E-state index in [4.69, 9.17) is 22.1 Å². The summed E-state index contributed by atoms with van der Waals surface area (Å²) < 4.78 is 5.72. The van der Waals surface area contributed by atoms with Crippen molar-refractivity contribution in [3.8, 4) is 0 Å². The molecule has 2 N–H and O–H groups in total. The average molecular weight is 347 g/mol. The Morgan fingerprint density at radius 1 is 1.45 bits per heavy atom. The van der Waals surface area contributed by atoms with E-state index in [0.717, 1.165) is 18.4 Å². The summed E-state index contributed by atoms with van der Waals surface area (Å²) >= 11 is 6.01. The minimum Gasteiger partial charge on any atom is -0.364 e. The summed E-state index contributed by atoms with van der Waals surface area (Å²) in [6.07, 6.45) is 1.26. The predicted octanol–water partition coefficient (Wildman–Crippen LogP) is 3.01. The van der Waals surface area contributed by atoms with Gasteiger partial charge in [-0.1, -0.05) is 23.7 Å². The van der Waals surface area contributed by atoms with E-state index in [-0.39, 0.29) is 36.6 Å². The number of carbonyl (C=O) groups excluding carboxylic acids is 1. The van der Waals surface area contributed by atoms with E-state index >= 15 is 0 Å². The van der Waals surface area contributed by atoms with Gasteiger partial charge in [0.15, 0.2) is 0 Å². The topological polar surface area (TPSA) is 55.6 Å². The van der Waals surface area contributed by atoms with Crippen molar-refractivity contribution in [2.75, 3.05) is 6.54 Å². The van der Waals surface area contributed by atoms with Crippen LogP contribution in [0, 0.1) is 0 Å². The van der Waals surface area contributed by atoms with Gasteiger partial charge in [-0.05, 0) is 44.4 Å². The zero-order valence-corrected chi connectivity index (χ0v) is 14.6. The van der Waals surface area contributed by atoms with Crippen LogP contribution in [0.3, 0.4) is 0 Å². The maximum atomic E-state index is 12.7. The van der Waals surface area contributed by atoms with Crippen LogP contribution in [0.2, 0.25) is 5.02 Å². The number of benzene rings is 1. The van der Waals surface area contributed by atoms with E-state index in [2.05, 4.69) is 0 Å². The maximum absolute atomic E-state index is 12.7. The number of nitrogens with zero attached hydrogens (tertiary/aromatic N) is 1. The Morgan fingerprint density at radius 2 is 2.18 bits per heavy atom. The van der Waals surface area contributed by atoms with Gasteiger partial charge in [0.25, 0.3) is 5.91 Å². The molecule has 0 saturated carbocycles. The number of carbonyl (C=O) groups is 1. The van der Waals surface area contributed by atoms with Crippen LogP contribution in [0.15, 0.2) is 24.3 Å². The number of amides is 1. The van der Waals surface area contributed by atoms with Crippen LogP contribution in [-0.4, -0.2) is 35.6 Å². The highest BCUT2D eigenvalue weighted by atomic mass is 35.5. The monoisotopic (exact) mass is 346 g/mol. The highest BCUT2D eigenvalue weighted by molar-refractivity contribution is 6.30. The van der Waals surface area contributed by atoms with Crippen molar-refractivity contribution in [1.82, 2.24) is 4.90 Å². The molecule has 1 aliphatic rings. The summed E-state index contributed by atoms with van der Waals surface area (Å²) in [7, 11) is 0. The summed E-state index contributed by atoms with van der Waals surface area (Å²) in [4.78, 5) is 14.5. The smallest absolute Gasteiger partial charge is 0.252 e. The quantitative estimate of drug-likeness (QED) is 0.891. The van der Waals surface area contributed by atoms with Crippen LogP contribution in [0.1, 0.15) is 32.3 Å². The molecule has 2 rings (SSSR count). The summed E-state index contributed by atoms with van der Waals surface area (Å²) in [6.45, 7) is 5.04. The Bertz CT molecular complexity index is 497. The van der Waals surface area contributed by atoms with Gasteiger partial charge in [0.1, 0.15) is 6.10 Å². The average Bonchev–Trinajstić information content (AvgIpc) is 2.93. The largest absolute Gasteiger partial charge is 0.364 e. The van der Waals surface area contributed by atoms with Gasteiger partial charge in [-0.15, -0.1) is 12.4 Å². The second-order valence-electron chi connectivity index (χ2n) is 5.75. The van der Waals surface area contributed by atoms with Gasteiger partial charge >= 0.3 is 0 Å². The molecule has 1 amide bonds. The highest BCUT2D eigenvalue weighted by Crippen LogP contribution is 2.23. The van der Waals surface area contributed by atoms with E-state index in [1.807, 2.05) is 43.0 Å². The standard InChI is InChI=1S/C16H23ClN2O2.ClH/c1-11(2)19(10-12-4-3-5-13(17)8-12)16(20)15-7-6-14(9-18)21-15;/h3-5,8,11,14-15H,6-7,9-10,18H2,1-2H3;1H/t14-,15+;/m1./s1. The van der Waals surface area contributed by atoms with E-state index in [1.54, 1.807) is 0 Å². The molecule has 22 heavy (non-hydrogen) atoms. The van der Waals surface area contributed by atoms with Gasteiger partial charge in [-0.3, -0.25) is 4.79 Å². The van der Waals surface area contributed by atoms with Crippen molar-refractivity contribution in [3.05, 3.63) is 34.9 Å². The van der Waals surface area contributed by atoms with Gasteiger partial charge in [-0.2, -0.15) is 0 Å². The third-order valence-corrected chi connectivity index (χ3v) is 4.03. The number of hydrogen-bond donors (Lipinski definition) is 1. The fraction of sp³-hybridized carbons (Fsp3) is 0.562. The number of ether oxygens (including phenoxy) is 1. The molecular weight excluding hydrogens is 323 g/mol. The molecule has 0 aromatic heterocycles. The van der Waals surface area contributed by atoms with Crippen LogP contribution < -0.4 is 5.73 Å². The molecule has 6 heteroatoms. The first-order valence-corrected chi connectivity index (χ1v) is 7.79. The van der Waals surface area contributed by atoms with E-state index in [1.165, 1.54) is 0 Å². The first-order chi connectivity index (χ1) is 10.0. The second-order valence-corrected chi connectivity index (χ2v) is 6.19. The number of halogens is 2. The number of nitrogens with two attached hydrogens (primary N) is 1. The van der Waals surface area contributed by atoms with Crippen molar-refractivity contribution in [1.29, 1.82) is 0 Å². The summed E-state index contributed by atoms with van der Waals surface area (Å²) in [5, 5.41) is 0.684. The first-order valence-electron chi connectivity index (χ1n) is 7.41. The van der Waals surface area contributed by atoms with Gasteiger partial charge in [0, 0.05) is 24.2 Å². The molecule has 1 aromatic carbocycles. The molecule has 1 aromatic rings. The van der Waals surface area contributed by atoms with E-state index < -0.39 is 0 Å². The van der Waals surface area contributed by atoms with Crippen molar-refractivity contribution in [3.63, 3.8) is 0 Å². The molecule has 2 atom stereocenters. The number of hydrogen-bond acceptors (Lipinski definition) is 3. The molecule has 1 aliphatic heterocycles. The minimum atomic E-state index is -0.361. The van der Waals surface area contributed by atoms with Gasteiger partial charge < -0.3 is 15.4 Å². The molecule has 1 fully saturated rings. The van der Waals surface area contributed by atoms with Crippen molar-refractivity contribution in [2.24, 2.45) is 5.73 Å². The third-order valence-electron chi connectivity index (χ3n) is 3.79. The van der Waals surface area contributed by atoms with E-state index in [9.17, 15) is 4.79 Å². The van der Waals surface area contributed by atoms with Crippen LogP contribution in [0.5, 0.6) is 0 Å². The molecule has 1 saturated heterocycles. The Morgan fingerprint density at radius 3 is 2.73 bits per heavy atom. The first kappa shape index (κ1) is 19.2. The lowest BCUT2D eigenvalue weighted by molar-refractivity contribution is -0.145. The lowest BCUT2D eigenvalue weighted by atomic mass is 10.1. The lowest BCUT2D eigenvalue weighted by Crippen LogP contribution is -2.43. The van der Waals surface area contributed by atoms with Gasteiger partial charge in [0.2, 0.25) is 0 Å². The fourth-order valence-corrected chi connectivity index (χ4v) is 2.81. The molecule has 0 spiro atoms. The Labute approximate surface area is 143 Å². The van der Waals surface area contributed by atoms with Crippen molar-refractivity contribution < 1.29 is 9.53 Å². The molecule has 0 bridgehead atoms. The molecule has 4 nitrogen and oxygen atoms in total. The fourth-order valence-electron chi connectivity index (χ4n) is 2.59. The Balaban J connectivity index is 0.00000242. The molecule has 0 radical (unpaired) electrons. The molecule has 124 valence electrons. The molecule has 0 unspecified atom stereocenters. The van der Waals surface area contributed by atoms with Crippen LogP contribution in [0.25, 0.3) is 0 Å². The molecule has 0 aliphatic carbocycles. The normalized spacial score (nSPS) is 20.8. The summed E-state index contributed by atoms with van der Waals surface area (Å²) in [5.74, 6) is 0.0425. The molecule has 1 heterocycles. The summed E-state index contributed by atoms with van der Waals surface area (Å²) in [6, 6.07) is 7.71. The van der Waals surface area contributed by atoms with Crippen LogP contribution in [0.4, 0.5) is 0 Å². The van der Waals surface area contributed by atoms with Crippen molar-refractivity contribution in [2.45, 2.75) is 51.5 Å². The highest BCUT2D eigenvalue weighted by Gasteiger charge is 2.33. The zero-order valence-electron chi connectivity index (χ0n) is 13.0. The second kappa shape index (κ2) is 8.73. The summed E-state index contributed by atoms with van der Waals surface area (Å²) in [5.41, 5.74) is 6.63. The van der Waals surface area contributed by atoms with Gasteiger partial charge in [0.05, 0.1) is 6.10 Å². The SMILES string of the molecule is CC(C)N(Cc1cccc(Cl)c1)C(=O)[C@@H]1CC[C@H](CN)O1.Cl. The predicted molar refractivity (Wildman–Crippen MR) is 91.3 cm³/mol.